The number of ether oxygens (including phenoxy) is 1. The molecule has 0 spiro atoms. The van der Waals surface area contributed by atoms with Crippen LogP contribution in [0.3, 0.4) is 0 Å². The maximum Gasteiger partial charge on any atom is 0.316 e. The maximum atomic E-state index is 12.4. The van der Waals surface area contributed by atoms with Crippen molar-refractivity contribution in [3.8, 4) is 6.01 Å². The van der Waals surface area contributed by atoms with E-state index in [1.165, 1.54) is 26.3 Å². The number of aromatic nitrogens is 2. The number of methoxy groups -OCH3 is 1. The van der Waals surface area contributed by atoms with Crippen LogP contribution in [0.25, 0.3) is 0 Å². The fraction of sp³-hybridized carbons (Fsp3) is 0.250. The molecule has 2 N–H and O–H groups in total. The molecule has 7 nitrogen and oxygen atoms in total. The van der Waals surface area contributed by atoms with Gasteiger partial charge in [-0.2, -0.15) is 4.98 Å². The second-order valence-electron chi connectivity index (χ2n) is 4.80. The molecule has 0 aliphatic rings. The molecule has 1 heterocycles. The first kappa shape index (κ1) is 16.4. The van der Waals surface area contributed by atoms with Gasteiger partial charge in [-0.15, -0.1) is 0 Å². The van der Waals surface area contributed by atoms with E-state index in [1.807, 2.05) is 30.3 Å². The summed E-state index contributed by atoms with van der Waals surface area (Å²) in [5.74, 6) is -0.534. The smallest absolute Gasteiger partial charge is 0.316 e. The lowest BCUT2D eigenvalue weighted by atomic mass is 10.1. The molecule has 0 saturated carbocycles. The van der Waals surface area contributed by atoms with Gasteiger partial charge < -0.3 is 15.4 Å². The van der Waals surface area contributed by atoms with E-state index in [9.17, 15) is 9.59 Å². The molecular weight excluding hydrogens is 296 g/mol. The molecule has 0 aliphatic carbocycles. The Balaban J connectivity index is 2.15. The topological polar surface area (TPSA) is 93.2 Å². The van der Waals surface area contributed by atoms with Crippen LogP contribution in [0, 0.1) is 0 Å². The van der Waals surface area contributed by atoms with Gasteiger partial charge in [-0.25, -0.2) is 4.98 Å². The van der Waals surface area contributed by atoms with Crippen molar-refractivity contribution in [1.82, 2.24) is 20.6 Å². The van der Waals surface area contributed by atoms with Gasteiger partial charge in [0, 0.05) is 19.7 Å². The van der Waals surface area contributed by atoms with Gasteiger partial charge in [-0.05, 0) is 11.6 Å². The molecule has 0 radical (unpaired) electrons. The highest BCUT2D eigenvalue weighted by atomic mass is 16.5. The highest BCUT2D eigenvalue weighted by Crippen LogP contribution is 2.13. The van der Waals surface area contributed by atoms with Crippen molar-refractivity contribution in [2.75, 3.05) is 13.7 Å². The Hall–Kier alpha value is -2.96. The number of hydrogen-bond acceptors (Lipinski definition) is 5. The highest BCUT2D eigenvalue weighted by Gasteiger charge is 2.17. The van der Waals surface area contributed by atoms with Gasteiger partial charge in [-0.3, -0.25) is 9.59 Å². The van der Waals surface area contributed by atoms with E-state index >= 15 is 0 Å². The maximum absolute atomic E-state index is 12.4. The molecule has 2 rings (SSSR count). The van der Waals surface area contributed by atoms with Gasteiger partial charge in [0.15, 0.2) is 0 Å². The van der Waals surface area contributed by atoms with Gasteiger partial charge in [0.05, 0.1) is 13.2 Å². The van der Waals surface area contributed by atoms with E-state index < -0.39 is 0 Å². The van der Waals surface area contributed by atoms with Crippen LogP contribution in [-0.2, 0) is 4.79 Å². The van der Waals surface area contributed by atoms with Crippen molar-refractivity contribution < 1.29 is 14.3 Å². The summed E-state index contributed by atoms with van der Waals surface area (Å²) in [5.41, 5.74) is 1.08. The fourth-order valence-electron chi connectivity index (χ4n) is 1.98. The van der Waals surface area contributed by atoms with Crippen LogP contribution in [0.5, 0.6) is 6.01 Å². The number of nitrogens with zero attached hydrogens (tertiary/aromatic N) is 2. The van der Waals surface area contributed by atoms with Crippen molar-refractivity contribution in [3.63, 3.8) is 0 Å². The number of nitrogens with one attached hydrogen (secondary N) is 2. The Kier molecular flexibility index (Phi) is 5.62. The van der Waals surface area contributed by atoms with Crippen LogP contribution in [0.15, 0.2) is 42.6 Å². The monoisotopic (exact) mass is 314 g/mol. The molecule has 1 atom stereocenters. The van der Waals surface area contributed by atoms with Gasteiger partial charge in [-0.1, -0.05) is 30.3 Å². The van der Waals surface area contributed by atoms with E-state index in [-0.39, 0.29) is 36.1 Å². The quantitative estimate of drug-likeness (QED) is 0.832. The number of hydrogen-bond donors (Lipinski definition) is 2. The standard InChI is InChI=1S/C16H18N4O3/c1-11(21)18-10-14(12-6-4-3-5-7-12)19-15(22)13-8-9-17-16(20-13)23-2/h3-9,14H,10H2,1-2H3,(H,18,21)(H,19,22)/t14-/m0/s1. The first-order valence-corrected chi connectivity index (χ1v) is 7.07. The van der Waals surface area contributed by atoms with Crippen molar-refractivity contribution >= 4 is 11.8 Å². The third-order valence-electron chi connectivity index (χ3n) is 3.11. The van der Waals surface area contributed by atoms with Gasteiger partial charge >= 0.3 is 6.01 Å². The van der Waals surface area contributed by atoms with Gasteiger partial charge in [0.25, 0.3) is 5.91 Å². The Morgan fingerprint density at radius 2 is 1.96 bits per heavy atom. The normalized spacial score (nSPS) is 11.4. The summed E-state index contributed by atoms with van der Waals surface area (Å²) < 4.78 is 4.91. The summed E-state index contributed by atoms with van der Waals surface area (Å²) >= 11 is 0. The number of carbonyl (C=O) groups excluding carboxylic acids is 2. The zero-order valence-electron chi connectivity index (χ0n) is 12.9. The number of carbonyl (C=O) groups is 2. The second kappa shape index (κ2) is 7.88. The largest absolute Gasteiger partial charge is 0.467 e. The van der Waals surface area contributed by atoms with Crippen molar-refractivity contribution in [2.24, 2.45) is 0 Å². The zero-order chi connectivity index (χ0) is 16.7. The number of benzene rings is 1. The minimum Gasteiger partial charge on any atom is -0.467 e. The van der Waals surface area contributed by atoms with E-state index in [4.69, 9.17) is 4.74 Å². The average molecular weight is 314 g/mol. The molecule has 0 saturated heterocycles. The van der Waals surface area contributed by atoms with Gasteiger partial charge in [0.1, 0.15) is 5.69 Å². The fourth-order valence-corrected chi connectivity index (χ4v) is 1.98. The van der Waals surface area contributed by atoms with E-state index in [0.29, 0.717) is 0 Å². The summed E-state index contributed by atoms with van der Waals surface area (Å²) in [5, 5.41) is 5.57. The molecule has 2 aromatic rings. The minimum atomic E-state index is -0.370. The Labute approximate surface area is 134 Å². The minimum absolute atomic E-state index is 0.121. The van der Waals surface area contributed by atoms with Crippen molar-refractivity contribution in [1.29, 1.82) is 0 Å². The van der Waals surface area contributed by atoms with E-state index in [2.05, 4.69) is 20.6 Å². The lowest BCUT2D eigenvalue weighted by Gasteiger charge is -2.19. The SMILES string of the molecule is COc1nccc(C(=O)N[C@@H](CNC(C)=O)c2ccccc2)n1. The van der Waals surface area contributed by atoms with Crippen molar-refractivity contribution in [2.45, 2.75) is 13.0 Å². The Bertz CT molecular complexity index is 676. The average Bonchev–Trinajstić information content (AvgIpc) is 2.59. The molecule has 23 heavy (non-hydrogen) atoms. The Morgan fingerprint density at radius 1 is 1.22 bits per heavy atom. The summed E-state index contributed by atoms with van der Waals surface area (Å²) in [6.07, 6.45) is 1.45. The lowest BCUT2D eigenvalue weighted by Crippen LogP contribution is -2.37. The molecular formula is C16H18N4O3. The van der Waals surface area contributed by atoms with Gasteiger partial charge in [0.2, 0.25) is 5.91 Å². The van der Waals surface area contributed by atoms with Crippen LogP contribution >= 0.6 is 0 Å². The van der Waals surface area contributed by atoms with Crippen LogP contribution < -0.4 is 15.4 Å². The van der Waals surface area contributed by atoms with Crippen LogP contribution in [0.2, 0.25) is 0 Å². The third-order valence-corrected chi connectivity index (χ3v) is 3.11. The molecule has 120 valence electrons. The molecule has 0 bridgehead atoms. The predicted octanol–water partition coefficient (Wildman–Crippen LogP) is 1.09. The molecule has 2 amide bonds. The number of amides is 2. The zero-order valence-corrected chi connectivity index (χ0v) is 12.9. The van der Waals surface area contributed by atoms with Crippen LogP contribution in [0.4, 0.5) is 0 Å². The summed E-state index contributed by atoms with van der Waals surface area (Å²) in [6.45, 7) is 1.71. The van der Waals surface area contributed by atoms with Crippen LogP contribution in [-0.4, -0.2) is 35.4 Å². The molecule has 1 aromatic carbocycles. The lowest BCUT2D eigenvalue weighted by molar-refractivity contribution is -0.119. The van der Waals surface area contributed by atoms with Crippen LogP contribution in [0.1, 0.15) is 29.0 Å². The third kappa shape index (κ3) is 4.77. The summed E-state index contributed by atoms with van der Waals surface area (Å²) in [4.78, 5) is 31.4. The second-order valence-corrected chi connectivity index (χ2v) is 4.80. The molecule has 0 fully saturated rings. The summed E-state index contributed by atoms with van der Waals surface area (Å²) in [7, 11) is 1.43. The first-order valence-electron chi connectivity index (χ1n) is 7.07. The molecule has 0 aliphatic heterocycles. The van der Waals surface area contributed by atoms with E-state index in [0.717, 1.165) is 5.56 Å². The van der Waals surface area contributed by atoms with Crippen molar-refractivity contribution in [3.05, 3.63) is 53.9 Å². The predicted molar refractivity (Wildman–Crippen MR) is 83.9 cm³/mol. The molecule has 7 heteroatoms. The number of rotatable bonds is 6. The first-order chi connectivity index (χ1) is 11.1. The molecule has 0 unspecified atom stereocenters. The molecule has 1 aromatic heterocycles. The summed E-state index contributed by atoms with van der Waals surface area (Å²) in [6, 6.07) is 10.6. The Morgan fingerprint density at radius 3 is 2.61 bits per heavy atom. The highest BCUT2D eigenvalue weighted by molar-refractivity contribution is 5.92. The van der Waals surface area contributed by atoms with E-state index in [1.54, 1.807) is 0 Å².